The van der Waals surface area contributed by atoms with E-state index in [0.29, 0.717) is 13.1 Å². The molecule has 1 unspecified atom stereocenters. The second-order valence-corrected chi connectivity index (χ2v) is 7.91. The van der Waals surface area contributed by atoms with Crippen molar-refractivity contribution in [2.45, 2.75) is 58.7 Å². The molecule has 1 saturated heterocycles. The van der Waals surface area contributed by atoms with Gasteiger partial charge in [0.15, 0.2) is 0 Å². The Kier molecular flexibility index (Phi) is 6.59. The van der Waals surface area contributed by atoms with Crippen LogP contribution in [0.2, 0.25) is 0 Å². The Hall–Kier alpha value is -1.88. The summed E-state index contributed by atoms with van der Waals surface area (Å²) in [5.74, 6) is 0.137. The molecule has 1 aliphatic heterocycles. The molecular weight excluding hydrogens is 314 g/mol. The summed E-state index contributed by atoms with van der Waals surface area (Å²) in [6, 6.07) is 10.3. The summed E-state index contributed by atoms with van der Waals surface area (Å²) < 4.78 is 0. The van der Waals surface area contributed by atoms with E-state index in [4.69, 9.17) is 0 Å². The molecular formula is C20H31N3O2. The fourth-order valence-corrected chi connectivity index (χ4v) is 3.35. The van der Waals surface area contributed by atoms with Crippen molar-refractivity contribution in [2.75, 3.05) is 19.6 Å². The Balaban J connectivity index is 2.00. The van der Waals surface area contributed by atoms with Crippen LogP contribution in [-0.2, 0) is 16.1 Å². The molecule has 0 spiro atoms. The first-order chi connectivity index (χ1) is 11.8. The van der Waals surface area contributed by atoms with Crippen LogP contribution in [-0.4, -0.2) is 52.8 Å². The smallest absolute Gasteiger partial charge is 0.237 e. The minimum atomic E-state index is -0.236. The van der Waals surface area contributed by atoms with E-state index in [1.165, 1.54) is 0 Å². The molecule has 1 N–H and O–H groups in total. The molecule has 0 radical (unpaired) electrons. The lowest BCUT2D eigenvalue weighted by Crippen LogP contribution is -2.53. The molecule has 0 aliphatic carbocycles. The predicted molar refractivity (Wildman–Crippen MR) is 100 cm³/mol. The lowest BCUT2D eigenvalue weighted by molar-refractivity contribution is -0.138. The van der Waals surface area contributed by atoms with Crippen molar-refractivity contribution in [3.63, 3.8) is 0 Å². The molecule has 1 heterocycles. The normalized spacial score (nSPS) is 18.6. The number of hydrogen-bond donors (Lipinski definition) is 1. The highest BCUT2D eigenvalue weighted by Gasteiger charge is 2.29. The van der Waals surface area contributed by atoms with Crippen molar-refractivity contribution in [3.05, 3.63) is 35.9 Å². The zero-order valence-corrected chi connectivity index (χ0v) is 15.9. The monoisotopic (exact) mass is 345 g/mol. The molecule has 1 aromatic carbocycles. The summed E-state index contributed by atoms with van der Waals surface area (Å²) in [5, 5.41) is 2.98. The van der Waals surface area contributed by atoms with E-state index in [9.17, 15) is 9.59 Å². The minimum Gasteiger partial charge on any atom is -0.352 e. The first-order valence-electron chi connectivity index (χ1n) is 9.09. The van der Waals surface area contributed by atoms with Gasteiger partial charge in [0.25, 0.3) is 0 Å². The maximum atomic E-state index is 13.0. The third-order valence-electron chi connectivity index (χ3n) is 4.57. The number of carbonyl (C=O) groups excluding carboxylic acids is 2. The Morgan fingerprint density at radius 3 is 2.52 bits per heavy atom. The molecule has 1 aromatic rings. The van der Waals surface area contributed by atoms with Crippen molar-refractivity contribution in [1.29, 1.82) is 0 Å². The summed E-state index contributed by atoms with van der Waals surface area (Å²) >= 11 is 0. The minimum absolute atomic E-state index is 0.00132. The third-order valence-corrected chi connectivity index (χ3v) is 4.57. The van der Waals surface area contributed by atoms with Crippen LogP contribution >= 0.6 is 0 Å². The first-order valence-corrected chi connectivity index (χ1v) is 9.09. The second-order valence-electron chi connectivity index (χ2n) is 7.91. The van der Waals surface area contributed by atoms with Gasteiger partial charge in [-0.2, -0.15) is 0 Å². The van der Waals surface area contributed by atoms with E-state index in [2.05, 4.69) is 43.1 Å². The largest absolute Gasteiger partial charge is 0.352 e. The van der Waals surface area contributed by atoms with Crippen LogP contribution in [0.15, 0.2) is 30.3 Å². The molecule has 0 bridgehead atoms. The predicted octanol–water partition coefficient (Wildman–Crippen LogP) is 2.41. The van der Waals surface area contributed by atoms with Crippen LogP contribution < -0.4 is 5.32 Å². The fraction of sp³-hybridized carbons (Fsp3) is 0.600. The number of hydrogen-bond acceptors (Lipinski definition) is 3. The van der Waals surface area contributed by atoms with Gasteiger partial charge in [-0.15, -0.1) is 0 Å². The first kappa shape index (κ1) is 19.4. The number of rotatable bonds is 5. The average Bonchev–Trinajstić information content (AvgIpc) is 2.52. The highest BCUT2D eigenvalue weighted by atomic mass is 16.2. The number of carbonyl (C=O) groups is 2. The van der Waals surface area contributed by atoms with Gasteiger partial charge in [-0.05, 0) is 45.7 Å². The molecule has 25 heavy (non-hydrogen) atoms. The molecule has 0 aromatic heterocycles. The van der Waals surface area contributed by atoms with E-state index < -0.39 is 0 Å². The summed E-state index contributed by atoms with van der Waals surface area (Å²) in [6.07, 6.45) is 1.99. The van der Waals surface area contributed by atoms with Crippen LogP contribution in [0.25, 0.3) is 0 Å². The van der Waals surface area contributed by atoms with Gasteiger partial charge in [-0.1, -0.05) is 30.3 Å². The van der Waals surface area contributed by atoms with Crippen molar-refractivity contribution in [2.24, 2.45) is 0 Å². The van der Waals surface area contributed by atoms with Gasteiger partial charge in [0.05, 0.1) is 6.54 Å². The van der Waals surface area contributed by atoms with E-state index in [-0.39, 0.29) is 23.4 Å². The summed E-state index contributed by atoms with van der Waals surface area (Å²) in [7, 11) is 0. The molecule has 2 rings (SSSR count). The summed E-state index contributed by atoms with van der Waals surface area (Å²) in [6.45, 7) is 10.4. The number of nitrogens with zero attached hydrogens (tertiary/aromatic N) is 2. The highest BCUT2D eigenvalue weighted by Crippen LogP contribution is 2.19. The Morgan fingerprint density at radius 2 is 1.92 bits per heavy atom. The van der Waals surface area contributed by atoms with E-state index >= 15 is 0 Å². The van der Waals surface area contributed by atoms with Crippen molar-refractivity contribution in [3.8, 4) is 0 Å². The molecule has 138 valence electrons. The third kappa shape index (κ3) is 6.16. The van der Waals surface area contributed by atoms with Gasteiger partial charge in [-0.25, -0.2) is 0 Å². The lowest BCUT2D eigenvalue weighted by atomic mass is 10.0. The molecule has 1 fully saturated rings. The van der Waals surface area contributed by atoms with Gasteiger partial charge >= 0.3 is 0 Å². The molecule has 1 atom stereocenters. The second kappa shape index (κ2) is 8.48. The standard InChI is InChI=1S/C20H31N3O2/c1-16(24)21-18-11-8-12-22(14-18)15-19(25)23(20(2,3)4)13-17-9-6-5-7-10-17/h5-7,9-10,18H,8,11-15H2,1-4H3,(H,21,24). The SMILES string of the molecule is CC(=O)NC1CCCN(CC(=O)N(Cc2ccccc2)C(C)(C)C)C1. The maximum Gasteiger partial charge on any atom is 0.237 e. The van der Waals surface area contributed by atoms with Gasteiger partial charge < -0.3 is 10.2 Å². The van der Waals surface area contributed by atoms with Gasteiger partial charge in [0.1, 0.15) is 0 Å². The van der Waals surface area contributed by atoms with Crippen LogP contribution in [0.5, 0.6) is 0 Å². The topological polar surface area (TPSA) is 52.7 Å². The van der Waals surface area contributed by atoms with Gasteiger partial charge in [0, 0.05) is 31.6 Å². The Bertz CT molecular complexity index is 580. The number of likely N-dealkylation sites (tertiary alicyclic amines) is 1. The van der Waals surface area contributed by atoms with Crippen molar-refractivity contribution in [1.82, 2.24) is 15.1 Å². The van der Waals surface area contributed by atoms with Crippen LogP contribution in [0, 0.1) is 0 Å². The molecule has 2 amide bonds. The zero-order chi connectivity index (χ0) is 18.4. The number of amides is 2. The summed E-state index contributed by atoms with van der Waals surface area (Å²) in [4.78, 5) is 28.4. The van der Waals surface area contributed by atoms with Crippen LogP contribution in [0.3, 0.4) is 0 Å². The fourth-order valence-electron chi connectivity index (χ4n) is 3.35. The number of benzene rings is 1. The Labute approximate surface area is 151 Å². The average molecular weight is 345 g/mol. The maximum absolute atomic E-state index is 13.0. The van der Waals surface area contributed by atoms with E-state index in [1.807, 2.05) is 23.1 Å². The van der Waals surface area contributed by atoms with E-state index in [1.54, 1.807) is 6.92 Å². The molecule has 0 saturated carbocycles. The molecule has 1 aliphatic rings. The highest BCUT2D eigenvalue weighted by molar-refractivity contribution is 5.79. The molecule has 5 heteroatoms. The lowest BCUT2D eigenvalue weighted by Gasteiger charge is -2.39. The van der Waals surface area contributed by atoms with Gasteiger partial charge in [0.2, 0.25) is 11.8 Å². The van der Waals surface area contributed by atoms with E-state index in [0.717, 1.165) is 31.5 Å². The Morgan fingerprint density at radius 1 is 1.24 bits per heavy atom. The quantitative estimate of drug-likeness (QED) is 0.892. The van der Waals surface area contributed by atoms with Crippen LogP contribution in [0.4, 0.5) is 0 Å². The van der Waals surface area contributed by atoms with Crippen molar-refractivity contribution < 1.29 is 9.59 Å². The van der Waals surface area contributed by atoms with Crippen molar-refractivity contribution >= 4 is 11.8 Å². The summed E-state index contributed by atoms with van der Waals surface area (Å²) in [5.41, 5.74) is 0.903. The van der Waals surface area contributed by atoms with Gasteiger partial charge in [-0.3, -0.25) is 14.5 Å². The molecule has 5 nitrogen and oxygen atoms in total. The number of piperidine rings is 1. The zero-order valence-electron chi connectivity index (χ0n) is 15.9. The van der Waals surface area contributed by atoms with Crippen LogP contribution in [0.1, 0.15) is 46.1 Å². The number of nitrogens with one attached hydrogen (secondary N) is 1.